The molecule has 0 aromatic heterocycles. The third kappa shape index (κ3) is 5.09. The molecule has 4 N–H and O–H groups in total. The number of carbonyl (C=O) groups is 3. The molecule has 0 aliphatic carbocycles. The van der Waals surface area contributed by atoms with Crippen LogP contribution >= 0.6 is 0 Å². The van der Waals surface area contributed by atoms with Crippen LogP contribution in [0.2, 0.25) is 0 Å². The van der Waals surface area contributed by atoms with Gasteiger partial charge in [-0.1, -0.05) is 0 Å². The minimum absolute atomic E-state index is 0.205. The lowest BCUT2D eigenvalue weighted by Crippen LogP contribution is -2.48. The van der Waals surface area contributed by atoms with E-state index in [1.807, 2.05) is 0 Å². The molecule has 2 amide bonds. The lowest BCUT2D eigenvalue weighted by atomic mass is 9.93. The van der Waals surface area contributed by atoms with Gasteiger partial charge in [0.15, 0.2) is 18.1 Å². The zero-order valence-electron chi connectivity index (χ0n) is 14.4. The monoisotopic (exact) mass is 366 g/mol. The summed E-state index contributed by atoms with van der Waals surface area (Å²) in [4.78, 5) is 34.8. The predicted octanol–water partition coefficient (Wildman–Crippen LogP) is 0.169. The van der Waals surface area contributed by atoms with Crippen molar-refractivity contribution in [1.82, 2.24) is 5.32 Å². The second kappa shape index (κ2) is 9.04. The largest absolute Gasteiger partial charge is 0.493 e. The maximum Gasteiger partial charge on any atom is 0.326 e. The van der Waals surface area contributed by atoms with Crippen LogP contribution in [0.4, 0.5) is 0 Å². The van der Waals surface area contributed by atoms with Gasteiger partial charge in [0.2, 0.25) is 0 Å². The number of hydrogen-bond donors (Lipinski definition) is 3. The maximum atomic E-state index is 12.5. The number of carboxylic acids is 1. The van der Waals surface area contributed by atoms with Crippen molar-refractivity contribution in [3.63, 3.8) is 0 Å². The minimum atomic E-state index is -1.11. The van der Waals surface area contributed by atoms with Gasteiger partial charge in [0, 0.05) is 18.1 Å². The van der Waals surface area contributed by atoms with E-state index in [9.17, 15) is 19.5 Å². The van der Waals surface area contributed by atoms with Gasteiger partial charge < -0.3 is 30.4 Å². The molecule has 0 radical (unpaired) electrons. The predicted molar refractivity (Wildman–Crippen MR) is 90.1 cm³/mol. The Balaban J connectivity index is 2.11. The lowest BCUT2D eigenvalue weighted by molar-refractivity contribution is -0.142. The van der Waals surface area contributed by atoms with E-state index < -0.39 is 23.8 Å². The summed E-state index contributed by atoms with van der Waals surface area (Å²) >= 11 is 0. The van der Waals surface area contributed by atoms with E-state index in [0.29, 0.717) is 19.6 Å². The van der Waals surface area contributed by atoms with E-state index in [1.54, 1.807) is 0 Å². The van der Waals surface area contributed by atoms with E-state index in [1.165, 1.54) is 25.3 Å². The van der Waals surface area contributed by atoms with Crippen molar-refractivity contribution in [3.05, 3.63) is 23.8 Å². The van der Waals surface area contributed by atoms with Crippen LogP contribution < -0.4 is 20.5 Å². The van der Waals surface area contributed by atoms with Crippen molar-refractivity contribution in [1.29, 1.82) is 0 Å². The number of hydrogen-bond acceptors (Lipinski definition) is 6. The van der Waals surface area contributed by atoms with Crippen LogP contribution in [0, 0.1) is 5.92 Å². The number of nitrogens with one attached hydrogen (secondary N) is 1. The normalized spacial score (nSPS) is 17.8. The Morgan fingerprint density at radius 1 is 1.38 bits per heavy atom. The Hall–Kier alpha value is -2.81. The van der Waals surface area contributed by atoms with E-state index in [2.05, 4.69) is 5.32 Å². The second-order valence-corrected chi connectivity index (χ2v) is 5.89. The van der Waals surface area contributed by atoms with Gasteiger partial charge in [-0.15, -0.1) is 0 Å². The standard InChI is InChI=1S/C17H22N2O7/c1-24-13-7-10(4-5-12(13)26-9-14(18)20)16(21)19-15(17(22)23)11-3-2-6-25-8-11/h4-5,7,11,15H,2-3,6,8-9H2,1H3,(H2,18,20)(H,19,21)(H,22,23). The Kier molecular flexibility index (Phi) is 6.79. The molecule has 0 spiro atoms. The Labute approximate surface area is 150 Å². The molecule has 0 saturated carbocycles. The highest BCUT2D eigenvalue weighted by molar-refractivity contribution is 5.97. The molecule has 9 nitrogen and oxygen atoms in total. The molecule has 142 valence electrons. The molecule has 2 atom stereocenters. The molecule has 9 heteroatoms. The maximum absolute atomic E-state index is 12.5. The number of benzene rings is 1. The first-order valence-corrected chi connectivity index (χ1v) is 8.13. The number of carboxylic acid groups (broad SMARTS) is 1. The summed E-state index contributed by atoms with van der Waals surface area (Å²) in [5.41, 5.74) is 5.23. The van der Waals surface area contributed by atoms with E-state index in [4.69, 9.17) is 19.9 Å². The number of aliphatic carboxylic acids is 1. The molecule has 1 aromatic carbocycles. The summed E-state index contributed by atoms with van der Waals surface area (Å²) < 4.78 is 15.7. The molecule has 1 aromatic rings. The molecular formula is C17H22N2O7. The lowest BCUT2D eigenvalue weighted by Gasteiger charge is -2.28. The highest BCUT2D eigenvalue weighted by Crippen LogP contribution is 2.28. The van der Waals surface area contributed by atoms with Gasteiger partial charge in [-0.05, 0) is 31.0 Å². The molecule has 26 heavy (non-hydrogen) atoms. The van der Waals surface area contributed by atoms with E-state index in [-0.39, 0.29) is 29.6 Å². The molecule has 1 heterocycles. The van der Waals surface area contributed by atoms with E-state index >= 15 is 0 Å². The number of carbonyl (C=O) groups excluding carboxylic acids is 2. The SMILES string of the molecule is COc1cc(C(=O)NC(C(=O)O)C2CCCOC2)ccc1OCC(N)=O. The summed E-state index contributed by atoms with van der Waals surface area (Å²) in [6.45, 7) is 0.561. The average molecular weight is 366 g/mol. The van der Waals surface area contributed by atoms with Crippen molar-refractivity contribution in [3.8, 4) is 11.5 Å². The fourth-order valence-electron chi connectivity index (χ4n) is 2.71. The Morgan fingerprint density at radius 3 is 2.73 bits per heavy atom. The van der Waals surface area contributed by atoms with Crippen LogP contribution in [0.3, 0.4) is 0 Å². The quantitative estimate of drug-likeness (QED) is 0.596. The average Bonchev–Trinajstić information content (AvgIpc) is 2.64. The van der Waals surface area contributed by atoms with Crippen LogP contribution in [0.1, 0.15) is 23.2 Å². The fourth-order valence-corrected chi connectivity index (χ4v) is 2.71. The van der Waals surface area contributed by atoms with Gasteiger partial charge in [0.25, 0.3) is 11.8 Å². The zero-order valence-corrected chi connectivity index (χ0v) is 14.4. The molecule has 1 fully saturated rings. The number of primary amides is 1. The van der Waals surface area contributed by atoms with Crippen LogP contribution in [-0.2, 0) is 14.3 Å². The van der Waals surface area contributed by atoms with Gasteiger partial charge in [0.05, 0.1) is 13.7 Å². The van der Waals surface area contributed by atoms with Crippen molar-refractivity contribution in [2.24, 2.45) is 11.7 Å². The van der Waals surface area contributed by atoms with Crippen molar-refractivity contribution in [2.75, 3.05) is 26.9 Å². The number of methoxy groups -OCH3 is 1. The smallest absolute Gasteiger partial charge is 0.326 e. The number of rotatable bonds is 8. The summed E-state index contributed by atoms with van der Waals surface area (Å²) in [5.74, 6) is -2.12. The summed E-state index contributed by atoms with van der Waals surface area (Å²) in [6.07, 6.45) is 1.42. The van der Waals surface area contributed by atoms with Crippen molar-refractivity contribution in [2.45, 2.75) is 18.9 Å². The summed E-state index contributed by atoms with van der Waals surface area (Å²) in [5, 5.41) is 12.0. The first-order valence-electron chi connectivity index (χ1n) is 8.13. The third-order valence-corrected chi connectivity index (χ3v) is 4.02. The van der Waals surface area contributed by atoms with Gasteiger partial charge in [-0.3, -0.25) is 9.59 Å². The fraction of sp³-hybridized carbons (Fsp3) is 0.471. The zero-order chi connectivity index (χ0) is 19.1. The minimum Gasteiger partial charge on any atom is -0.493 e. The number of nitrogens with two attached hydrogens (primary N) is 1. The van der Waals surface area contributed by atoms with Gasteiger partial charge in [-0.2, -0.15) is 0 Å². The molecule has 0 bridgehead atoms. The third-order valence-electron chi connectivity index (χ3n) is 4.02. The Morgan fingerprint density at radius 2 is 2.15 bits per heavy atom. The van der Waals surface area contributed by atoms with Gasteiger partial charge in [-0.25, -0.2) is 4.79 Å². The van der Waals surface area contributed by atoms with E-state index in [0.717, 1.165) is 6.42 Å². The van der Waals surface area contributed by atoms with Crippen LogP contribution in [0.5, 0.6) is 11.5 Å². The Bertz CT molecular complexity index is 671. The van der Waals surface area contributed by atoms with Gasteiger partial charge in [0.1, 0.15) is 6.04 Å². The molecular weight excluding hydrogens is 344 g/mol. The molecule has 2 unspecified atom stereocenters. The van der Waals surface area contributed by atoms with Gasteiger partial charge >= 0.3 is 5.97 Å². The number of ether oxygens (including phenoxy) is 3. The molecule has 1 aliphatic heterocycles. The highest BCUT2D eigenvalue weighted by atomic mass is 16.5. The summed E-state index contributed by atoms with van der Waals surface area (Å²) in [6, 6.07) is 3.27. The molecule has 2 rings (SSSR count). The summed E-state index contributed by atoms with van der Waals surface area (Å²) in [7, 11) is 1.38. The van der Waals surface area contributed by atoms with Crippen molar-refractivity contribution >= 4 is 17.8 Å². The van der Waals surface area contributed by atoms with Crippen molar-refractivity contribution < 1.29 is 33.7 Å². The van der Waals surface area contributed by atoms with Crippen LogP contribution in [0.15, 0.2) is 18.2 Å². The second-order valence-electron chi connectivity index (χ2n) is 5.89. The number of amides is 2. The molecule has 1 saturated heterocycles. The topological polar surface area (TPSA) is 137 Å². The molecule has 1 aliphatic rings. The highest BCUT2D eigenvalue weighted by Gasteiger charge is 2.31. The van der Waals surface area contributed by atoms with Crippen LogP contribution in [0.25, 0.3) is 0 Å². The van der Waals surface area contributed by atoms with Crippen LogP contribution in [-0.4, -0.2) is 55.9 Å². The first-order chi connectivity index (χ1) is 12.4. The first kappa shape index (κ1) is 19.5.